The summed E-state index contributed by atoms with van der Waals surface area (Å²) in [6.07, 6.45) is 1.53. The van der Waals surface area contributed by atoms with Gasteiger partial charge < -0.3 is 5.32 Å². The third kappa shape index (κ3) is 4.47. The Kier molecular flexibility index (Phi) is 6.00. The number of hydrogen-bond donors (Lipinski definition) is 1. The monoisotopic (exact) mass is 431 g/mol. The molecule has 0 saturated heterocycles. The van der Waals surface area contributed by atoms with Crippen LogP contribution in [0, 0.1) is 12.7 Å². The van der Waals surface area contributed by atoms with Crippen LogP contribution in [0.4, 0.5) is 10.1 Å². The summed E-state index contributed by atoms with van der Waals surface area (Å²) < 4.78 is 14.2. The van der Waals surface area contributed by atoms with Crippen molar-refractivity contribution in [3.63, 3.8) is 0 Å². The molecule has 1 aromatic heterocycles. The molecule has 2 aromatic carbocycles. The molecule has 132 valence electrons. The number of para-hydroxylation sites is 1. The van der Waals surface area contributed by atoms with Crippen molar-refractivity contribution in [2.24, 2.45) is 0 Å². The van der Waals surface area contributed by atoms with E-state index in [2.05, 4.69) is 31.2 Å². The third-order valence-electron chi connectivity index (χ3n) is 3.64. The Morgan fingerprint density at radius 2 is 1.92 bits per heavy atom. The quantitative estimate of drug-likeness (QED) is 0.443. The smallest absolute Gasteiger partial charge is 0.275 e. The lowest BCUT2D eigenvalue weighted by Gasteiger charge is -2.09. The van der Waals surface area contributed by atoms with Gasteiger partial charge in [0.15, 0.2) is 5.16 Å². The zero-order chi connectivity index (χ0) is 18.5. The fourth-order valence-corrected chi connectivity index (χ4v) is 3.41. The lowest BCUT2D eigenvalue weighted by molar-refractivity contribution is 0.102. The van der Waals surface area contributed by atoms with Crippen LogP contribution in [0.25, 0.3) is 0 Å². The Labute approximate surface area is 163 Å². The molecule has 3 rings (SSSR count). The number of rotatable bonds is 5. The predicted molar refractivity (Wildman–Crippen MR) is 105 cm³/mol. The fraction of sp³-hybridized carbons (Fsp3) is 0.105. The van der Waals surface area contributed by atoms with Crippen molar-refractivity contribution >= 4 is 39.3 Å². The highest BCUT2D eigenvalue weighted by Crippen LogP contribution is 2.24. The van der Waals surface area contributed by atoms with Gasteiger partial charge >= 0.3 is 0 Å². The Hall–Kier alpha value is -2.25. The number of carbonyl (C=O) groups excluding carboxylic acids is 1. The van der Waals surface area contributed by atoms with Crippen LogP contribution in [0.1, 0.15) is 21.6 Å². The van der Waals surface area contributed by atoms with Gasteiger partial charge in [-0.05, 0) is 46.1 Å². The number of carbonyl (C=O) groups is 1. The maximum absolute atomic E-state index is 13.7. The van der Waals surface area contributed by atoms with Crippen molar-refractivity contribution in [1.29, 1.82) is 0 Å². The fourth-order valence-electron chi connectivity index (χ4n) is 2.23. The van der Waals surface area contributed by atoms with E-state index in [1.54, 1.807) is 18.2 Å². The van der Waals surface area contributed by atoms with E-state index in [1.165, 1.54) is 24.0 Å². The topological polar surface area (TPSA) is 54.9 Å². The number of nitrogens with one attached hydrogen (secondary N) is 1. The maximum Gasteiger partial charge on any atom is 0.275 e. The van der Waals surface area contributed by atoms with Crippen molar-refractivity contribution < 1.29 is 9.18 Å². The van der Waals surface area contributed by atoms with Crippen LogP contribution in [-0.4, -0.2) is 15.9 Å². The van der Waals surface area contributed by atoms with Gasteiger partial charge in [-0.1, -0.05) is 48.2 Å². The molecule has 3 aromatic rings. The molecule has 0 atom stereocenters. The highest BCUT2D eigenvalue weighted by molar-refractivity contribution is 9.10. The van der Waals surface area contributed by atoms with Crippen LogP contribution in [0.3, 0.4) is 0 Å². The zero-order valence-corrected chi connectivity index (χ0v) is 16.3. The molecule has 0 unspecified atom stereocenters. The summed E-state index contributed by atoms with van der Waals surface area (Å²) in [5, 5.41) is 3.26. The molecular formula is C19H15BrFN3OS. The van der Waals surface area contributed by atoms with Gasteiger partial charge in [0.1, 0.15) is 11.5 Å². The first-order valence-electron chi connectivity index (χ1n) is 7.80. The molecule has 0 aliphatic heterocycles. The highest BCUT2D eigenvalue weighted by atomic mass is 79.9. The summed E-state index contributed by atoms with van der Waals surface area (Å²) in [6, 6.07) is 14.1. The summed E-state index contributed by atoms with van der Waals surface area (Å²) in [4.78, 5) is 21.1. The Morgan fingerprint density at radius 1 is 1.19 bits per heavy atom. The van der Waals surface area contributed by atoms with Crippen LogP contribution < -0.4 is 5.32 Å². The van der Waals surface area contributed by atoms with Gasteiger partial charge in [0.2, 0.25) is 0 Å². The number of benzene rings is 2. The molecule has 26 heavy (non-hydrogen) atoms. The molecule has 0 bridgehead atoms. The Bertz CT molecular complexity index is 952. The SMILES string of the molecule is Cc1ccccc1NC(=O)c1nc(SCc2ccccc2F)ncc1Br. The number of anilines is 1. The molecule has 0 saturated carbocycles. The number of nitrogens with zero attached hydrogens (tertiary/aromatic N) is 2. The number of aryl methyl sites for hydroxylation is 1. The van der Waals surface area contributed by atoms with E-state index in [4.69, 9.17) is 0 Å². The van der Waals surface area contributed by atoms with Crippen LogP contribution in [0.15, 0.2) is 64.4 Å². The largest absolute Gasteiger partial charge is 0.320 e. The van der Waals surface area contributed by atoms with Crippen molar-refractivity contribution in [1.82, 2.24) is 9.97 Å². The van der Waals surface area contributed by atoms with Crippen LogP contribution in [0.5, 0.6) is 0 Å². The molecule has 0 radical (unpaired) electrons. The lowest BCUT2D eigenvalue weighted by Crippen LogP contribution is -2.16. The minimum Gasteiger partial charge on any atom is -0.320 e. The van der Waals surface area contributed by atoms with Gasteiger partial charge in [-0.3, -0.25) is 4.79 Å². The van der Waals surface area contributed by atoms with Gasteiger partial charge in [-0.25, -0.2) is 14.4 Å². The first-order valence-corrected chi connectivity index (χ1v) is 9.58. The molecule has 1 amide bonds. The number of aromatic nitrogens is 2. The van der Waals surface area contributed by atoms with Crippen molar-refractivity contribution in [2.75, 3.05) is 5.32 Å². The predicted octanol–water partition coefficient (Wildman–Crippen LogP) is 5.23. The second-order valence-electron chi connectivity index (χ2n) is 5.50. The molecule has 7 heteroatoms. The third-order valence-corrected chi connectivity index (χ3v) is 5.14. The molecule has 0 spiro atoms. The van der Waals surface area contributed by atoms with E-state index in [0.29, 0.717) is 20.9 Å². The average molecular weight is 432 g/mol. The van der Waals surface area contributed by atoms with Crippen LogP contribution >= 0.6 is 27.7 Å². The zero-order valence-electron chi connectivity index (χ0n) is 13.9. The molecule has 0 fully saturated rings. The van der Waals surface area contributed by atoms with Crippen molar-refractivity contribution in [3.05, 3.63) is 81.8 Å². The van der Waals surface area contributed by atoms with E-state index in [-0.39, 0.29) is 17.4 Å². The summed E-state index contributed by atoms with van der Waals surface area (Å²) in [6.45, 7) is 1.92. The van der Waals surface area contributed by atoms with E-state index in [1.807, 2.05) is 31.2 Å². The molecule has 0 aliphatic carbocycles. The molecule has 1 heterocycles. The van der Waals surface area contributed by atoms with Crippen molar-refractivity contribution in [3.8, 4) is 0 Å². The van der Waals surface area contributed by atoms with E-state index >= 15 is 0 Å². The summed E-state index contributed by atoms with van der Waals surface area (Å²) in [7, 11) is 0. The average Bonchev–Trinajstić information content (AvgIpc) is 2.64. The number of amides is 1. The first-order chi connectivity index (χ1) is 12.5. The Morgan fingerprint density at radius 3 is 2.69 bits per heavy atom. The molecule has 0 aliphatic rings. The number of thioether (sulfide) groups is 1. The molecule has 1 N–H and O–H groups in total. The van der Waals surface area contributed by atoms with Gasteiger partial charge in [0.25, 0.3) is 5.91 Å². The highest BCUT2D eigenvalue weighted by Gasteiger charge is 2.15. The van der Waals surface area contributed by atoms with E-state index in [0.717, 1.165) is 11.3 Å². The number of hydrogen-bond acceptors (Lipinski definition) is 4. The second-order valence-corrected chi connectivity index (χ2v) is 7.30. The van der Waals surface area contributed by atoms with Gasteiger partial charge in [-0.2, -0.15) is 0 Å². The molecular weight excluding hydrogens is 417 g/mol. The van der Waals surface area contributed by atoms with Gasteiger partial charge in [0, 0.05) is 17.6 Å². The maximum atomic E-state index is 13.7. The van der Waals surface area contributed by atoms with Crippen LogP contribution in [0.2, 0.25) is 0 Å². The van der Waals surface area contributed by atoms with Crippen LogP contribution in [-0.2, 0) is 5.75 Å². The van der Waals surface area contributed by atoms with E-state index in [9.17, 15) is 9.18 Å². The minimum atomic E-state index is -0.332. The first kappa shape index (κ1) is 18.5. The van der Waals surface area contributed by atoms with Gasteiger partial charge in [-0.15, -0.1) is 0 Å². The minimum absolute atomic E-state index is 0.235. The van der Waals surface area contributed by atoms with E-state index < -0.39 is 0 Å². The summed E-state index contributed by atoms with van der Waals surface area (Å²) in [5.41, 5.74) is 2.48. The normalized spacial score (nSPS) is 10.6. The standard InChI is InChI=1S/C19H15BrFN3OS/c1-12-6-2-5-9-16(12)23-18(25)17-14(20)10-22-19(24-17)26-11-13-7-3-4-8-15(13)21/h2-10H,11H2,1H3,(H,23,25). The number of halogens is 2. The molecule has 4 nitrogen and oxygen atoms in total. The van der Waals surface area contributed by atoms with Gasteiger partial charge in [0.05, 0.1) is 4.47 Å². The van der Waals surface area contributed by atoms with Crippen molar-refractivity contribution in [2.45, 2.75) is 17.8 Å². The Balaban J connectivity index is 1.76. The second kappa shape index (κ2) is 8.42. The lowest BCUT2D eigenvalue weighted by atomic mass is 10.2. The summed E-state index contributed by atoms with van der Waals surface area (Å²) in [5.74, 6) is -0.219. The summed E-state index contributed by atoms with van der Waals surface area (Å²) >= 11 is 4.59.